The molecule has 0 unspecified atom stereocenters. The third-order valence-corrected chi connectivity index (χ3v) is 3.56. The normalized spacial score (nSPS) is 14.1. The fourth-order valence-electron chi connectivity index (χ4n) is 2.56. The fourth-order valence-corrected chi connectivity index (χ4v) is 2.56. The Kier molecular flexibility index (Phi) is 3.34. The van der Waals surface area contributed by atoms with Gasteiger partial charge in [0, 0.05) is 11.8 Å². The molecule has 0 saturated heterocycles. The number of fused-ring (bicyclic) bond motifs is 1. The number of nitrogens with zero attached hydrogens (tertiary/aromatic N) is 1. The van der Waals surface area contributed by atoms with Gasteiger partial charge in [-0.25, -0.2) is 13.8 Å². The summed E-state index contributed by atoms with van der Waals surface area (Å²) in [5, 5.41) is 0. The molecule has 0 saturated carbocycles. The first kappa shape index (κ1) is 13.0. The van der Waals surface area contributed by atoms with Gasteiger partial charge in [-0.3, -0.25) is 4.79 Å². The molecule has 5 heteroatoms. The molecule has 3 nitrogen and oxygen atoms in total. The summed E-state index contributed by atoms with van der Waals surface area (Å²) in [6.45, 7) is 0. The van der Waals surface area contributed by atoms with Gasteiger partial charge in [0.25, 0.3) is 0 Å². The van der Waals surface area contributed by atoms with Gasteiger partial charge < -0.3 is 4.98 Å². The number of benzene rings is 1. The Hall–Kier alpha value is -2.04. The highest BCUT2D eigenvalue weighted by Gasteiger charge is 2.18. The van der Waals surface area contributed by atoms with Gasteiger partial charge in [0.05, 0.1) is 17.7 Å². The van der Waals surface area contributed by atoms with Crippen molar-refractivity contribution in [1.82, 2.24) is 9.97 Å². The quantitative estimate of drug-likeness (QED) is 0.876. The van der Waals surface area contributed by atoms with Gasteiger partial charge in [-0.1, -0.05) is 0 Å². The number of rotatable bonds is 3. The van der Waals surface area contributed by atoms with Crippen LogP contribution in [0.5, 0.6) is 0 Å². The summed E-state index contributed by atoms with van der Waals surface area (Å²) in [6, 6.07) is 2.99. The van der Waals surface area contributed by atoms with E-state index in [0.29, 0.717) is 5.82 Å². The second-order valence-electron chi connectivity index (χ2n) is 5.04. The monoisotopic (exact) mass is 276 g/mol. The fraction of sp³-hybridized carbons (Fsp3) is 0.333. The maximum Gasteiger partial charge on any atom is 0.173 e. The minimum Gasteiger partial charge on any atom is -0.345 e. The third-order valence-electron chi connectivity index (χ3n) is 3.56. The van der Waals surface area contributed by atoms with Gasteiger partial charge in [0.1, 0.15) is 17.5 Å². The Morgan fingerprint density at radius 1 is 1.25 bits per heavy atom. The highest BCUT2D eigenvalue weighted by molar-refractivity contribution is 5.97. The van der Waals surface area contributed by atoms with Crippen LogP contribution >= 0.6 is 0 Å². The van der Waals surface area contributed by atoms with E-state index in [1.54, 1.807) is 0 Å². The second-order valence-corrected chi connectivity index (χ2v) is 5.04. The number of aryl methyl sites for hydroxylation is 2. The van der Waals surface area contributed by atoms with Crippen molar-refractivity contribution in [2.45, 2.75) is 32.1 Å². The van der Waals surface area contributed by atoms with Gasteiger partial charge >= 0.3 is 0 Å². The number of halogens is 2. The number of hydrogen-bond acceptors (Lipinski definition) is 2. The van der Waals surface area contributed by atoms with Crippen molar-refractivity contribution in [2.75, 3.05) is 0 Å². The van der Waals surface area contributed by atoms with Crippen molar-refractivity contribution >= 4 is 5.78 Å². The molecule has 0 radical (unpaired) electrons. The van der Waals surface area contributed by atoms with Crippen molar-refractivity contribution in [1.29, 1.82) is 0 Å². The largest absolute Gasteiger partial charge is 0.345 e. The first-order chi connectivity index (χ1) is 9.63. The minimum absolute atomic E-state index is 0.00948. The van der Waals surface area contributed by atoms with E-state index in [-0.39, 0.29) is 12.0 Å². The molecule has 0 fully saturated rings. The van der Waals surface area contributed by atoms with E-state index >= 15 is 0 Å². The predicted molar refractivity (Wildman–Crippen MR) is 69.6 cm³/mol. The van der Waals surface area contributed by atoms with Gasteiger partial charge in [-0.15, -0.1) is 0 Å². The average molecular weight is 276 g/mol. The molecular formula is C15H14F2N2O. The SMILES string of the molecule is O=C(Cc1nc2c([nH]1)CCCC2)c1ccc(F)cc1F. The zero-order chi connectivity index (χ0) is 14.1. The second kappa shape index (κ2) is 5.15. The maximum absolute atomic E-state index is 13.5. The van der Waals surface area contributed by atoms with Crippen molar-refractivity contribution < 1.29 is 13.6 Å². The van der Waals surface area contributed by atoms with Crippen LogP contribution in [0.3, 0.4) is 0 Å². The summed E-state index contributed by atoms with van der Waals surface area (Å²) in [5.41, 5.74) is 2.00. The smallest absolute Gasteiger partial charge is 0.173 e. The molecule has 104 valence electrons. The van der Waals surface area contributed by atoms with Gasteiger partial charge in [-0.2, -0.15) is 0 Å². The Balaban J connectivity index is 1.80. The van der Waals surface area contributed by atoms with Crippen molar-refractivity contribution in [3.8, 4) is 0 Å². The molecule has 1 aliphatic carbocycles. The number of carbonyl (C=O) groups excluding carboxylic acids is 1. The van der Waals surface area contributed by atoms with E-state index in [4.69, 9.17) is 0 Å². The molecular weight excluding hydrogens is 262 g/mol. The Morgan fingerprint density at radius 2 is 2.05 bits per heavy atom. The molecule has 1 N–H and O–H groups in total. The van der Waals surface area contributed by atoms with E-state index in [1.807, 2.05) is 0 Å². The Morgan fingerprint density at radius 3 is 2.80 bits per heavy atom. The first-order valence-electron chi connectivity index (χ1n) is 6.68. The highest BCUT2D eigenvalue weighted by Crippen LogP contribution is 2.19. The number of nitrogens with one attached hydrogen (secondary N) is 1. The number of aromatic nitrogens is 2. The van der Waals surface area contributed by atoms with E-state index < -0.39 is 17.4 Å². The lowest BCUT2D eigenvalue weighted by molar-refractivity contribution is 0.0987. The van der Waals surface area contributed by atoms with Crippen LogP contribution in [0, 0.1) is 11.6 Å². The lowest BCUT2D eigenvalue weighted by Gasteiger charge is -2.07. The van der Waals surface area contributed by atoms with Crippen LogP contribution in [0.15, 0.2) is 18.2 Å². The third kappa shape index (κ3) is 2.48. The molecule has 0 bridgehead atoms. The average Bonchev–Trinajstić information content (AvgIpc) is 2.80. The van der Waals surface area contributed by atoms with Crippen LogP contribution in [-0.2, 0) is 19.3 Å². The molecule has 0 spiro atoms. The molecule has 0 amide bonds. The number of H-pyrrole nitrogens is 1. The van der Waals surface area contributed by atoms with Crippen LogP contribution in [0.1, 0.15) is 40.4 Å². The van der Waals surface area contributed by atoms with Gasteiger partial charge in [-0.05, 0) is 37.8 Å². The summed E-state index contributed by atoms with van der Waals surface area (Å²) >= 11 is 0. The van der Waals surface area contributed by atoms with Crippen LogP contribution in [-0.4, -0.2) is 15.8 Å². The van der Waals surface area contributed by atoms with Crippen molar-refractivity contribution in [3.63, 3.8) is 0 Å². The number of aromatic amines is 1. The molecule has 1 aromatic heterocycles. The van der Waals surface area contributed by atoms with Crippen LogP contribution in [0.2, 0.25) is 0 Å². The van der Waals surface area contributed by atoms with E-state index in [2.05, 4.69) is 9.97 Å². The lowest BCUT2D eigenvalue weighted by atomic mass is 10.0. The lowest BCUT2D eigenvalue weighted by Crippen LogP contribution is -2.07. The molecule has 20 heavy (non-hydrogen) atoms. The molecule has 1 aromatic carbocycles. The van der Waals surface area contributed by atoms with Gasteiger partial charge in [0.2, 0.25) is 0 Å². The zero-order valence-electron chi connectivity index (χ0n) is 10.9. The number of Topliss-reactive ketones (excluding diaryl/α,β-unsaturated/α-hetero) is 1. The van der Waals surface area contributed by atoms with Crippen molar-refractivity contribution in [2.24, 2.45) is 0 Å². The topological polar surface area (TPSA) is 45.8 Å². The molecule has 2 aromatic rings. The molecule has 3 rings (SSSR count). The van der Waals surface area contributed by atoms with Gasteiger partial charge in [0.15, 0.2) is 5.78 Å². The first-order valence-corrected chi connectivity index (χ1v) is 6.68. The molecule has 0 atom stereocenters. The summed E-state index contributed by atoms with van der Waals surface area (Å²) in [6.07, 6.45) is 4.11. The number of imidazole rings is 1. The van der Waals surface area contributed by atoms with Crippen LogP contribution < -0.4 is 0 Å². The number of ketones is 1. The van der Waals surface area contributed by atoms with E-state index in [0.717, 1.165) is 49.2 Å². The summed E-state index contributed by atoms with van der Waals surface area (Å²) < 4.78 is 26.4. The molecule has 1 heterocycles. The zero-order valence-corrected chi connectivity index (χ0v) is 10.9. The predicted octanol–water partition coefficient (Wildman–Crippen LogP) is 2.99. The highest BCUT2D eigenvalue weighted by atomic mass is 19.1. The Bertz CT molecular complexity index is 640. The minimum atomic E-state index is -0.827. The summed E-state index contributed by atoms with van der Waals surface area (Å²) in [4.78, 5) is 19.6. The van der Waals surface area contributed by atoms with E-state index in [1.165, 1.54) is 6.07 Å². The van der Waals surface area contributed by atoms with Crippen LogP contribution in [0.25, 0.3) is 0 Å². The van der Waals surface area contributed by atoms with Crippen molar-refractivity contribution in [3.05, 3.63) is 52.6 Å². The summed E-state index contributed by atoms with van der Waals surface area (Å²) in [5.74, 6) is -1.35. The number of hydrogen-bond donors (Lipinski definition) is 1. The van der Waals surface area contributed by atoms with E-state index in [9.17, 15) is 13.6 Å². The Labute approximate surface area is 115 Å². The number of carbonyl (C=O) groups is 1. The molecule has 0 aliphatic heterocycles. The standard InChI is InChI=1S/C15H14F2N2O/c16-9-5-6-10(11(17)7-9)14(20)8-15-18-12-3-1-2-4-13(12)19-15/h5-7H,1-4,8H2,(H,18,19). The summed E-state index contributed by atoms with van der Waals surface area (Å²) in [7, 11) is 0. The maximum atomic E-state index is 13.5. The van der Waals surface area contributed by atoms with Crippen LogP contribution in [0.4, 0.5) is 8.78 Å². The molecule has 1 aliphatic rings.